The normalized spacial score (nSPS) is 14.2. The van der Waals surface area contributed by atoms with Gasteiger partial charge in [0.25, 0.3) is 0 Å². The molecule has 1 aromatic carbocycles. The molecule has 0 heterocycles. The van der Waals surface area contributed by atoms with Crippen molar-refractivity contribution in [3.63, 3.8) is 0 Å². The van der Waals surface area contributed by atoms with E-state index in [1.54, 1.807) is 12.1 Å². The molecule has 2 atom stereocenters. The summed E-state index contributed by atoms with van der Waals surface area (Å²) in [5, 5.41) is 3.80. The number of benzene rings is 1. The van der Waals surface area contributed by atoms with Gasteiger partial charge in [0, 0.05) is 0 Å². The van der Waals surface area contributed by atoms with Gasteiger partial charge in [0.15, 0.2) is 0 Å². The molecular weight excluding hydrogens is 259 g/mol. The fourth-order valence-corrected chi connectivity index (χ4v) is 1.68. The van der Waals surface area contributed by atoms with Gasteiger partial charge < -0.3 is 11.1 Å². The van der Waals surface area contributed by atoms with Crippen molar-refractivity contribution in [2.75, 3.05) is 0 Å². The lowest BCUT2D eigenvalue weighted by Crippen LogP contribution is -2.41. The summed E-state index contributed by atoms with van der Waals surface area (Å²) in [6, 6.07) is 4.67. The summed E-state index contributed by atoms with van der Waals surface area (Å²) in [6.07, 6.45) is 0.611. The second-order valence-corrected chi connectivity index (χ2v) is 4.73. The zero-order valence-corrected chi connectivity index (χ0v) is 11.3. The van der Waals surface area contributed by atoms with Crippen LogP contribution in [0.1, 0.15) is 31.9 Å². The van der Waals surface area contributed by atoms with Crippen LogP contribution in [0.3, 0.4) is 0 Å². The van der Waals surface area contributed by atoms with Crippen LogP contribution in [0.4, 0.5) is 0 Å². The molecule has 94 valence electrons. The van der Waals surface area contributed by atoms with Crippen LogP contribution in [0.25, 0.3) is 0 Å². The Morgan fingerprint density at radius 3 is 2.59 bits per heavy atom. The SMILES string of the molecule is CC[C@H](N)C(=O)NC(C)c1ccc(Cl)c(Cl)c1. The van der Waals surface area contributed by atoms with Crippen molar-refractivity contribution >= 4 is 29.1 Å². The van der Waals surface area contributed by atoms with Crippen LogP contribution in [0.2, 0.25) is 10.0 Å². The minimum Gasteiger partial charge on any atom is -0.348 e. The Kier molecular flexibility index (Phi) is 5.25. The maximum Gasteiger partial charge on any atom is 0.237 e. The van der Waals surface area contributed by atoms with Gasteiger partial charge in [-0.25, -0.2) is 0 Å². The number of rotatable bonds is 4. The van der Waals surface area contributed by atoms with Crippen molar-refractivity contribution in [3.05, 3.63) is 33.8 Å². The molecule has 1 amide bonds. The average Bonchev–Trinajstić information content (AvgIpc) is 2.31. The van der Waals surface area contributed by atoms with E-state index in [4.69, 9.17) is 28.9 Å². The summed E-state index contributed by atoms with van der Waals surface area (Å²) in [6.45, 7) is 3.74. The largest absolute Gasteiger partial charge is 0.348 e. The maximum absolute atomic E-state index is 11.6. The average molecular weight is 275 g/mol. The molecule has 1 aromatic rings. The Morgan fingerprint density at radius 1 is 1.41 bits per heavy atom. The van der Waals surface area contributed by atoms with E-state index in [-0.39, 0.29) is 11.9 Å². The van der Waals surface area contributed by atoms with Gasteiger partial charge in [0.05, 0.1) is 22.1 Å². The van der Waals surface area contributed by atoms with Crippen molar-refractivity contribution in [1.29, 1.82) is 0 Å². The zero-order valence-electron chi connectivity index (χ0n) is 9.84. The van der Waals surface area contributed by atoms with E-state index in [1.165, 1.54) is 0 Å². The quantitative estimate of drug-likeness (QED) is 0.887. The Labute approximate surface area is 111 Å². The summed E-state index contributed by atoms with van der Waals surface area (Å²) in [5.74, 6) is -0.161. The van der Waals surface area contributed by atoms with Gasteiger partial charge in [0.1, 0.15) is 0 Å². The van der Waals surface area contributed by atoms with Gasteiger partial charge in [-0.1, -0.05) is 36.2 Å². The van der Waals surface area contributed by atoms with Crippen molar-refractivity contribution in [3.8, 4) is 0 Å². The first-order chi connectivity index (χ1) is 7.95. The van der Waals surface area contributed by atoms with Gasteiger partial charge in [-0.15, -0.1) is 0 Å². The number of nitrogens with one attached hydrogen (secondary N) is 1. The maximum atomic E-state index is 11.6. The molecule has 0 bridgehead atoms. The third-order valence-corrected chi connectivity index (χ3v) is 3.32. The number of carbonyl (C=O) groups excluding carboxylic acids is 1. The van der Waals surface area contributed by atoms with E-state index < -0.39 is 6.04 Å². The summed E-state index contributed by atoms with van der Waals surface area (Å²) in [4.78, 5) is 11.6. The Bertz CT molecular complexity index is 409. The Hall–Kier alpha value is -0.770. The fourth-order valence-electron chi connectivity index (χ4n) is 1.37. The molecule has 0 aliphatic heterocycles. The van der Waals surface area contributed by atoms with Gasteiger partial charge >= 0.3 is 0 Å². The standard InChI is InChI=1S/C12H16Cl2N2O/c1-3-11(15)12(17)16-7(2)8-4-5-9(13)10(14)6-8/h4-7,11H,3,15H2,1-2H3,(H,16,17)/t7?,11-/m0/s1. The third kappa shape index (κ3) is 3.87. The summed E-state index contributed by atoms with van der Waals surface area (Å²) in [5.41, 5.74) is 6.54. The van der Waals surface area contributed by atoms with Gasteiger partial charge in [0.2, 0.25) is 5.91 Å². The van der Waals surface area contributed by atoms with Crippen LogP contribution in [-0.2, 0) is 4.79 Å². The van der Waals surface area contributed by atoms with E-state index in [9.17, 15) is 4.79 Å². The number of hydrogen-bond acceptors (Lipinski definition) is 2. The van der Waals surface area contributed by atoms with Crippen molar-refractivity contribution in [2.24, 2.45) is 5.73 Å². The monoisotopic (exact) mass is 274 g/mol. The number of amides is 1. The number of carbonyl (C=O) groups is 1. The van der Waals surface area contributed by atoms with Crippen LogP contribution in [0.5, 0.6) is 0 Å². The summed E-state index contributed by atoms with van der Waals surface area (Å²) >= 11 is 11.7. The third-order valence-electron chi connectivity index (χ3n) is 2.58. The molecule has 5 heteroatoms. The highest BCUT2D eigenvalue weighted by atomic mass is 35.5. The van der Waals surface area contributed by atoms with Crippen LogP contribution in [0, 0.1) is 0 Å². The first-order valence-electron chi connectivity index (χ1n) is 5.46. The van der Waals surface area contributed by atoms with Crippen LogP contribution >= 0.6 is 23.2 Å². The molecule has 0 aliphatic rings. The van der Waals surface area contributed by atoms with Crippen molar-refractivity contribution < 1.29 is 4.79 Å². The van der Waals surface area contributed by atoms with Gasteiger partial charge in [-0.05, 0) is 31.0 Å². The van der Waals surface area contributed by atoms with Gasteiger partial charge in [-0.2, -0.15) is 0 Å². The first-order valence-corrected chi connectivity index (χ1v) is 6.22. The number of halogens is 2. The van der Waals surface area contributed by atoms with E-state index in [2.05, 4.69) is 5.32 Å². The van der Waals surface area contributed by atoms with Gasteiger partial charge in [-0.3, -0.25) is 4.79 Å². The topological polar surface area (TPSA) is 55.1 Å². The highest BCUT2D eigenvalue weighted by molar-refractivity contribution is 6.42. The predicted octanol–water partition coefficient (Wildman–Crippen LogP) is 2.91. The smallest absolute Gasteiger partial charge is 0.237 e. The lowest BCUT2D eigenvalue weighted by Gasteiger charge is -2.17. The van der Waals surface area contributed by atoms with Crippen LogP contribution < -0.4 is 11.1 Å². The summed E-state index contributed by atoms with van der Waals surface area (Å²) < 4.78 is 0. The van der Waals surface area contributed by atoms with E-state index in [0.717, 1.165) is 5.56 Å². The summed E-state index contributed by atoms with van der Waals surface area (Å²) in [7, 11) is 0. The molecule has 0 spiro atoms. The molecule has 17 heavy (non-hydrogen) atoms. The van der Waals surface area contributed by atoms with E-state index >= 15 is 0 Å². The Balaban J connectivity index is 2.73. The lowest BCUT2D eigenvalue weighted by atomic mass is 10.1. The fraction of sp³-hybridized carbons (Fsp3) is 0.417. The molecule has 0 fully saturated rings. The number of nitrogens with two attached hydrogens (primary N) is 1. The van der Waals surface area contributed by atoms with Crippen LogP contribution in [0.15, 0.2) is 18.2 Å². The molecule has 3 N–H and O–H groups in total. The zero-order chi connectivity index (χ0) is 13.0. The second kappa shape index (κ2) is 6.24. The van der Waals surface area contributed by atoms with Crippen LogP contribution in [-0.4, -0.2) is 11.9 Å². The number of hydrogen-bond donors (Lipinski definition) is 2. The molecular formula is C12H16Cl2N2O. The molecule has 1 rings (SSSR count). The highest BCUT2D eigenvalue weighted by Gasteiger charge is 2.15. The molecule has 0 saturated heterocycles. The molecule has 1 unspecified atom stereocenters. The highest BCUT2D eigenvalue weighted by Crippen LogP contribution is 2.25. The van der Waals surface area contributed by atoms with Crippen molar-refractivity contribution in [1.82, 2.24) is 5.32 Å². The minimum atomic E-state index is -0.472. The van der Waals surface area contributed by atoms with E-state index in [1.807, 2.05) is 19.9 Å². The van der Waals surface area contributed by atoms with Crippen molar-refractivity contribution in [2.45, 2.75) is 32.4 Å². The predicted molar refractivity (Wildman–Crippen MR) is 71.3 cm³/mol. The second-order valence-electron chi connectivity index (χ2n) is 3.92. The molecule has 0 aromatic heterocycles. The molecule has 0 radical (unpaired) electrons. The minimum absolute atomic E-state index is 0.144. The molecule has 0 saturated carbocycles. The Morgan fingerprint density at radius 2 is 2.06 bits per heavy atom. The first kappa shape index (κ1) is 14.3. The molecule has 3 nitrogen and oxygen atoms in total. The lowest BCUT2D eigenvalue weighted by molar-refractivity contribution is -0.123. The van der Waals surface area contributed by atoms with E-state index in [0.29, 0.717) is 16.5 Å². The molecule has 0 aliphatic carbocycles.